The van der Waals surface area contributed by atoms with Crippen LogP contribution in [0.5, 0.6) is 5.75 Å². The van der Waals surface area contributed by atoms with Crippen molar-refractivity contribution in [3.05, 3.63) is 29.8 Å². The maximum absolute atomic E-state index is 13.2. The van der Waals surface area contributed by atoms with Gasteiger partial charge in [0.25, 0.3) is 0 Å². The third-order valence-electron chi connectivity index (χ3n) is 6.38. The molecule has 1 atom stereocenters. The van der Waals surface area contributed by atoms with Crippen molar-refractivity contribution in [2.75, 3.05) is 39.9 Å². The Morgan fingerprint density at radius 3 is 2.43 bits per heavy atom. The lowest BCUT2D eigenvalue weighted by molar-refractivity contribution is -0.144. The van der Waals surface area contributed by atoms with Crippen LogP contribution in [-0.4, -0.2) is 84.6 Å². The minimum absolute atomic E-state index is 0.00860. The van der Waals surface area contributed by atoms with Crippen LogP contribution < -0.4 is 4.74 Å². The third kappa shape index (κ3) is 4.22. The fourth-order valence-corrected chi connectivity index (χ4v) is 4.69. The molecule has 162 valence electrons. The van der Waals surface area contributed by atoms with Gasteiger partial charge in [0.15, 0.2) is 0 Å². The molecule has 4 rings (SSSR count). The van der Waals surface area contributed by atoms with Gasteiger partial charge in [-0.1, -0.05) is 12.1 Å². The second-order valence-electron chi connectivity index (χ2n) is 8.13. The molecule has 0 aromatic heterocycles. The molecule has 1 aromatic rings. The third-order valence-corrected chi connectivity index (χ3v) is 6.38. The van der Waals surface area contributed by atoms with Gasteiger partial charge in [-0.2, -0.15) is 0 Å². The highest BCUT2D eigenvalue weighted by atomic mass is 16.6. The largest absolute Gasteiger partial charge is 0.497 e. The van der Waals surface area contributed by atoms with Crippen molar-refractivity contribution in [2.45, 2.75) is 44.2 Å². The summed E-state index contributed by atoms with van der Waals surface area (Å²) in [4.78, 5) is 43.2. The Kier molecular flexibility index (Phi) is 6.11. The summed E-state index contributed by atoms with van der Waals surface area (Å²) in [5, 5.41) is 0. The molecule has 0 unspecified atom stereocenters. The maximum Gasteiger partial charge on any atom is 0.410 e. The standard InChI is InChI=1S/C22H29N3O5/c1-29-18-6-4-16(5-7-18)15-20(26)25-10-2-3-19(25)21(27)23-11-8-17(9-12-23)24-13-14-30-22(24)28/h4-7,17,19H,2-3,8-15H2,1H3/t19-/m1/s1. The number of amides is 3. The first-order chi connectivity index (χ1) is 14.6. The molecule has 0 spiro atoms. The summed E-state index contributed by atoms with van der Waals surface area (Å²) in [7, 11) is 1.61. The summed E-state index contributed by atoms with van der Waals surface area (Å²) in [6.07, 6.45) is 3.12. The second-order valence-corrected chi connectivity index (χ2v) is 8.13. The molecule has 3 aliphatic rings. The molecule has 0 saturated carbocycles. The van der Waals surface area contributed by atoms with E-state index in [0.717, 1.165) is 30.6 Å². The number of cyclic esters (lactones) is 1. The van der Waals surface area contributed by atoms with Crippen LogP contribution >= 0.6 is 0 Å². The Balaban J connectivity index is 1.33. The first-order valence-electron chi connectivity index (χ1n) is 10.7. The zero-order valence-electron chi connectivity index (χ0n) is 17.4. The molecule has 0 aliphatic carbocycles. The van der Waals surface area contributed by atoms with Crippen molar-refractivity contribution in [1.82, 2.24) is 14.7 Å². The number of hydrogen-bond donors (Lipinski definition) is 0. The molecule has 8 heteroatoms. The molecular weight excluding hydrogens is 386 g/mol. The molecular formula is C22H29N3O5. The number of rotatable bonds is 5. The Bertz CT molecular complexity index is 788. The molecule has 3 aliphatic heterocycles. The fourth-order valence-electron chi connectivity index (χ4n) is 4.69. The molecule has 1 aromatic carbocycles. The summed E-state index contributed by atoms with van der Waals surface area (Å²) in [5.74, 6) is 0.787. The van der Waals surface area contributed by atoms with Crippen molar-refractivity contribution in [1.29, 1.82) is 0 Å². The number of methoxy groups -OCH3 is 1. The predicted molar refractivity (Wildman–Crippen MR) is 109 cm³/mol. The molecule has 3 amide bonds. The van der Waals surface area contributed by atoms with E-state index in [-0.39, 0.29) is 36.4 Å². The lowest BCUT2D eigenvalue weighted by atomic mass is 10.0. The van der Waals surface area contributed by atoms with Gasteiger partial charge < -0.3 is 24.2 Å². The Hall–Kier alpha value is -2.77. The molecule has 8 nitrogen and oxygen atoms in total. The van der Waals surface area contributed by atoms with Crippen LogP contribution in [-0.2, 0) is 20.7 Å². The summed E-state index contributed by atoms with van der Waals surface area (Å²) < 4.78 is 10.2. The van der Waals surface area contributed by atoms with Crippen molar-refractivity contribution < 1.29 is 23.9 Å². The van der Waals surface area contributed by atoms with Gasteiger partial charge in [-0.15, -0.1) is 0 Å². The van der Waals surface area contributed by atoms with E-state index in [1.54, 1.807) is 16.9 Å². The average molecular weight is 415 g/mol. The SMILES string of the molecule is COc1ccc(CC(=O)N2CCC[C@@H]2C(=O)N2CCC(N3CCOC3=O)CC2)cc1. The van der Waals surface area contributed by atoms with Crippen LogP contribution in [0, 0.1) is 0 Å². The lowest BCUT2D eigenvalue weighted by Crippen LogP contribution is -2.52. The smallest absolute Gasteiger partial charge is 0.410 e. The van der Waals surface area contributed by atoms with Gasteiger partial charge in [-0.25, -0.2) is 4.79 Å². The highest BCUT2D eigenvalue weighted by Crippen LogP contribution is 2.25. The first-order valence-corrected chi connectivity index (χ1v) is 10.7. The summed E-state index contributed by atoms with van der Waals surface area (Å²) in [5.41, 5.74) is 0.914. The zero-order valence-corrected chi connectivity index (χ0v) is 17.4. The summed E-state index contributed by atoms with van der Waals surface area (Å²) >= 11 is 0. The summed E-state index contributed by atoms with van der Waals surface area (Å²) in [6, 6.07) is 7.23. The van der Waals surface area contributed by atoms with E-state index in [1.807, 2.05) is 29.2 Å². The lowest BCUT2D eigenvalue weighted by Gasteiger charge is -2.37. The van der Waals surface area contributed by atoms with E-state index in [9.17, 15) is 14.4 Å². The van der Waals surface area contributed by atoms with Gasteiger partial charge >= 0.3 is 6.09 Å². The Labute approximate surface area is 176 Å². The topological polar surface area (TPSA) is 79.4 Å². The maximum atomic E-state index is 13.2. The van der Waals surface area contributed by atoms with Gasteiger partial charge in [-0.3, -0.25) is 9.59 Å². The Morgan fingerprint density at radius 1 is 1.07 bits per heavy atom. The number of likely N-dealkylation sites (tertiary alicyclic amines) is 2. The predicted octanol–water partition coefficient (Wildman–Crippen LogP) is 1.67. The monoisotopic (exact) mass is 415 g/mol. The average Bonchev–Trinajstić information content (AvgIpc) is 3.43. The normalized spacial score (nSPS) is 22.4. The van der Waals surface area contributed by atoms with Gasteiger partial charge in [0.05, 0.1) is 20.1 Å². The van der Waals surface area contributed by atoms with Crippen LogP contribution in [0.3, 0.4) is 0 Å². The molecule has 0 radical (unpaired) electrons. The molecule has 3 heterocycles. The van der Waals surface area contributed by atoms with Gasteiger partial charge in [0.1, 0.15) is 18.4 Å². The van der Waals surface area contributed by atoms with Crippen LogP contribution in [0.4, 0.5) is 4.79 Å². The molecule has 0 bridgehead atoms. The van der Waals surface area contributed by atoms with Crippen LogP contribution in [0.2, 0.25) is 0 Å². The molecule has 3 saturated heterocycles. The van der Waals surface area contributed by atoms with E-state index in [0.29, 0.717) is 39.2 Å². The van der Waals surface area contributed by atoms with Crippen molar-refractivity contribution >= 4 is 17.9 Å². The van der Waals surface area contributed by atoms with Crippen molar-refractivity contribution in [3.63, 3.8) is 0 Å². The number of nitrogens with zero attached hydrogens (tertiary/aromatic N) is 3. The van der Waals surface area contributed by atoms with E-state index in [1.165, 1.54) is 0 Å². The highest BCUT2D eigenvalue weighted by molar-refractivity contribution is 5.89. The molecule has 0 N–H and O–H groups in total. The van der Waals surface area contributed by atoms with Gasteiger partial charge in [-0.05, 0) is 43.4 Å². The van der Waals surface area contributed by atoms with Crippen molar-refractivity contribution in [3.8, 4) is 5.75 Å². The summed E-state index contributed by atoms with van der Waals surface area (Å²) in [6.45, 7) is 2.94. The quantitative estimate of drug-likeness (QED) is 0.731. The fraction of sp³-hybridized carbons (Fsp3) is 0.591. The number of hydrogen-bond acceptors (Lipinski definition) is 5. The minimum atomic E-state index is -0.371. The van der Waals surface area contributed by atoms with Crippen LogP contribution in [0.15, 0.2) is 24.3 Å². The number of piperidine rings is 1. The van der Waals surface area contributed by atoms with Crippen molar-refractivity contribution in [2.24, 2.45) is 0 Å². The van der Waals surface area contributed by atoms with Crippen LogP contribution in [0.1, 0.15) is 31.2 Å². The second kappa shape index (κ2) is 8.93. The van der Waals surface area contributed by atoms with Gasteiger partial charge in [0, 0.05) is 25.7 Å². The van der Waals surface area contributed by atoms with E-state index < -0.39 is 0 Å². The Morgan fingerprint density at radius 2 is 1.80 bits per heavy atom. The minimum Gasteiger partial charge on any atom is -0.497 e. The number of carbonyl (C=O) groups excluding carboxylic acids is 3. The highest BCUT2D eigenvalue weighted by Gasteiger charge is 2.39. The number of ether oxygens (including phenoxy) is 2. The van der Waals surface area contributed by atoms with E-state index in [4.69, 9.17) is 9.47 Å². The molecule has 3 fully saturated rings. The number of benzene rings is 1. The first kappa shape index (κ1) is 20.5. The number of carbonyl (C=O) groups is 3. The van der Waals surface area contributed by atoms with Crippen LogP contribution in [0.25, 0.3) is 0 Å². The molecule has 30 heavy (non-hydrogen) atoms. The zero-order chi connectivity index (χ0) is 21.1. The van der Waals surface area contributed by atoms with E-state index >= 15 is 0 Å². The van der Waals surface area contributed by atoms with Gasteiger partial charge in [0.2, 0.25) is 11.8 Å². The van der Waals surface area contributed by atoms with E-state index in [2.05, 4.69) is 0 Å².